The topological polar surface area (TPSA) is 56.2 Å². The van der Waals surface area contributed by atoms with Gasteiger partial charge in [0.05, 0.1) is 40.7 Å². The first-order valence-electron chi connectivity index (χ1n) is 14.9. The molecule has 8 rings (SSSR count). The summed E-state index contributed by atoms with van der Waals surface area (Å²) in [7, 11) is 0. The Bertz CT molecular complexity index is 1670. The van der Waals surface area contributed by atoms with Gasteiger partial charge >= 0.3 is 0 Å². The highest BCUT2D eigenvalue weighted by Crippen LogP contribution is 2.59. The Balaban J connectivity index is 0.00000100. The number of anilines is 1. The Morgan fingerprint density at radius 1 is 0.750 bits per heavy atom. The second-order valence-electron chi connectivity index (χ2n) is 11.5. The van der Waals surface area contributed by atoms with Crippen LogP contribution in [0, 0.1) is 5.92 Å². The average Bonchev–Trinajstić information content (AvgIpc) is 3.79. The van der Waals surface area contributed by atoms with E-state index in [2.05, 4.69) is 41.4 Å². The van der Waals surface area contributed by atoms with Gasteiger partial charge in [-0.15, -0.1) is 23.2 Å². The number of benzene rings is 4. The van der Waals surface area contributed by atoms with E-state index in [0.29, 0.717) is 19.4 Å². The zero-order valence-corrected chi connectivity index (χ0v) is 25.6. The Labute approximate surface area is 267 Å². The monoisotopic (exact) mass is 622 g/mol. The molecule has 6 nitrogen and oxygen atoms in total. The number of hydrazine groups is 1. The van der Waals surface area contributed by atoms with Gasteiger partial charge in [-0.1, -0.05) is 109 Å². The molecule has 222 valence electrons. The lowest BCUT2D eigenvalue weighted by atomic mass is 9.72. The number of carbonyl (C=O) groups is 2. The third-order valence-corrected chi connectivity index (χ3v) is 9.41. The second-order valence-corrected chi connectivity index (χ2v) is 12.3. The summed E-state index contributed by atoms with van der Waals surface area (Å²) < 4.78 is 0. The highest BCUT2D eigenvalue weighted by molar-refractivity contribution is 6.40. The standard InChI is InChI=1S/C35H30N4O2.CH2Cl2/c40-29-21-22-37-33(26-17-9-3-10-18-26)30-28(38(29)37)23-35(34(30)41)31(24-13-5-1-6-14-24)32(25-15-7-2-8-16-25)36-39(35)27-19-11-4-12-20-27;2-1-3/h1-20,28,30-31,33H,21-23H2;1H2/t28-,30+,31+,33-,35+;/m1./s1. The van der Waals surface area contributed by atoms with Crippen molar-refractivity contribution in [2.45, 2.75) is 36.4 Å². The van der Waals surface area contributed by atoms with Gasteiger partial charge in [0.2, 0.25) is 5.91 Å². The normalized spacial score (nSPS) is 27.3. The highest BCUT2D eigenvalue weighted by Gasteiger charge is 2.71. The molecule has 0 aromatic heterocycles. The molecule has 0 bridgehead atoms. The van der Waals surface area contributed by atoms with Gasteiger partial charge in [-0.2, -0.15) is 5.10 Å². The van der Waals surface area contributed by atoms with Crippen LogP contribution in [0.1, 0.15) is 41.5 Å². The molecule has 3 fully saturated rings. The van der Waals surface area contributed by atoms with Crippen LogP contribution in [0.3, 0.4) is 0 Å². The van der Waals surface area contributed by atoms with Gasteiger partial charge in [-0.25, -0.2) is 5.01 Å². The van der Waals surface area contributed by atoms with E-state index in [1.165, 1.54) is 0 Å². The molecule has 3 aliphatic heterocycles. The summed E-state index contributed by atoms with van der Waals surface area (Å²) in [4.78, 5) is 28.8. The van der Waals surface area contributed by atoms with Gasteiger partial charge in [0.25, 0.3) is 0 Å². The fraction of sp³-hybridized carbons (Fsp3) is 0.250. The Morgan fingerprint density at radius 2 is 1.30 bits per heavy atom. The average molecular weight is 624 g/mol. The van der Waals surface area contributed by atoms with E-state index in [1.54, 1.807) is 0 Å². The molecular weight excluding hydrogens is 591 g/mol. The van der Waals surface area contributed by atoms with E-state index in [1.807, 2.05) is 94.9 Å². The van der Waals surface area contributed by atoms with Crippen molar-refractivity contribution >= 4 is 46.3 Å². The third-order valence-electron chi connectivity index (χ3n) is 9.41. The van der Waals surface area contributed by atoms with Crippen molar-refractivity contribution in [1.82, 2.24) is 10.0 Å². The number of nitrogens with zero attached hydrogens (tertiary/aromatic N) is 4. The van der Waals surface area contributed by atoms with Crippen LogP contribution in [0.2, 0.25) is 0 Å². The van der Waals surface area contributed by atoms with Gasteiger partial charge in [0, 0.05) is 19.4 Å². The van der Waals surface area contributed by atoms with Crippen LogP contribution in [0.25, 0.3) is 0 Å². The van der Waals surface area contributed by atoms with Crippen molar-refractivity contribution in [3.05, 3.63) is 138 Å². The number of para-hydroxylation sites is 1. The smallest absolute Gasteiger partial charge is 0.238 e. The quantitative estimate of drug-likeness (QED) is 0.230. The molecule has 0 unspecified atom stereocenters. The molecule has 44 heavy (non-hydrogen) atoms. The van der Waals surface area contributed by atoms with E-state index >= 15 is 4.79 Å². The van der Waals surface area contributed by atoms with Crippen LogP contribution >= 0.6 is 23.2 Å². The van der Waals surface area contributed by atoms with Gasteiger partial charge in [0.15, 0.2) is 5.78 Å². The molecule has 0 radical (unpaired) electrons. The zero-order valence-electron chi connectivity index (χ0n) is 24.0. The largest absolute Gasteiger partial charge is 0.296 e. The number of hydrazone groups is 1. The van der Waals surface area contributed by atoms with E-state index in [0.717, 1.165) is 28.1 Å². The number of hydrogen-bond donors (Lipinski definition) is 0. The maximum atomic E-state index is 15.4. The number of fused-ring (bicyclic) bond motifs is 3. The number of alkyl halides is 2. The SMILES string of the molecule is ClCCl.O=C1CCN2[C@H](c3ccccc3)[C@H]3C(=O)[C@]4(C[C@H]3N12)[C@@H](c1ccccc1)C(c1ccccc1)=NN4c1ccccc1. The lowest BCUT2D eigenvalue weighted by molar-refractivity contribution is -0.139. The molecule has 2 saturated heterocycles. The van der Waals surface area contributed by atoms with Gasteiger partial charge in [0.1, 0.15) is 5.54 Å². The van der Waals surface area contributed by atoms with E-state index in [9.17, 15) is 4.79 Å². The molecule has 1 spiro atoms. The molecule has 3 heterocycles. The van der Waals surface area contributed by atoms with Crippen LogP contribution < -0.4 is 5.01 Å². The molecular formula is C36H32Cl2N4O2. The molecule has 1 amide bonds. The Morgan fingerprint density at radius 3 is 1.91 bits per heavy atom. The van der Waals surface area contributed by atoms with Crippen LogP contribution in [0.15, 0.2) is 126 Å². The Hall–Kier alpha value is -3.97. The van der Waals surface area contributed by atoms with Crippen molar-refractivity contribution in [2.75, 3.05) is 16.9 Å². The highest BCUT2D eigenvalue weighted by atomic mass is 35.5. The van der Waals surface area contributed by atoms with Crippen molar-refractivity contribution in [1.29, 1.82) is 0 Å². The first kappa shape index (κ1) is 28.8. The predicted octanol–water partition coefficient (Wildman–Crippen LogP) is 7.02. The molecule has 5 atom stereocenters. The molecule has 1 saturated carbocycles. The number of halogens is 2. The summed E-state index contributed by atoms with van der Waals surface area (Å²) in [5.41, 5.74) is 3.93. The van der Waals surface area contributed by atoms with Crippen molar-refractivity contribution in [3.63, 3.8) is 0 Å². The molecule has 8 heteroatoms. The summed E-state index contributed by atoms with van der Waals surface area (Å²) in [6.45, 7) is 0.641. The van der Waals surface area contributed by atoms with Gasteiger partial charge < -0.3 is 0 Å². The van der Waals surface area contributed by atoms with Crippen molar-refractivity contribution in [3.8, 4) is 0 Å². The summed E-state index contributed by atoms with van der Waals surface area (Å²) in [6, 6.07) is 40.4. The van der Waals surface area contributed by atoms with E-state index < -0.39 is 5.54 Å². The predicted molar refractivity (Wildman–Crippen MR) is 175 cm³/mol. The first-order chi connectivity index (χ1) is 21.6. The minimum atomic E-state index is -0.981. The summed E-state index contributed by atoms with van der Waals surface area (Å²) in [5.74, 6) is -0.393. The summed E-state index contributed by atoms with van der Waals surface area (Å²) in [5, 5.41) is 11.6. The summed E-state index contributed by atoms with van der Waals surface area (Å²) >= 11 is 9.53. The third kappa shape index (κ3) is 4.47. The van der Waals surface area contributed by atoms with Crippen LogP contribution in [0.4, 0.5) is 5.69 Å². The molecule has 4 aromatic carbocycles. The molecule has 1 aliphatic carbocycles. The van der Waals surface area contributed by atoms with Gasteiger partial charge in [-0.3, -0.25) is 19.6 Å². The lowest BCUT2D eigenvalue weighted by Gasteiger charge is -2.40. The zero-order chi connectivity index (χ0) is 30.3. The number of carbonyl (C=O) groups excluding carboxylic acids is 2. The summed E-state index contributed by atoms with van der Waals surface area (Å²) in [6.07, 6.45) is 0.986. The van der Waals surface area contributed by atoms with Crippen molar-refractivity contribution < 1.29 is 9.59 Å². The maximum Gasteiger partial charge on any atom is 0.238 e. The fourth-order valence-electron chi connectivity index (χ4n) is 7.87. The van der Waals surface area contributed by atoms with E-state index in [4.69, 9.17) is 28.3 Å². The van der Waals surface area contributed by atoms with Crippen LogP contribution in [0.5, 0.6) is 0 Å². The fourth-order valence-corrected chi connectivity index (χ4v) is 7.87. The number of rotatable bonds is 4. The molecule has 4 aliphatic rings. The Kier molecular flexibility index (Phi) is 7.75. The first-order valence-corrected chi connectivity index (χ1v) is 16.0. The van der Waals surface area contributed by atoms with E-state index in [-0.39, 0.29) is 40.9 Å². The minimum Gasteiger partial charge on any atom is -0.296 e. The maximum absolute atomic E-state index is 15.4. The number of hydrogen-bond acceptors (Lipinski definition) is 5. The van der Waals surface area contributed by atoms with Crippen LogP contribution in [-0.2, 0) is 9.59 Å². The second kappa shape index (κ2) is 11.8. The number of amides is 1. The minimum absolute atomic E-state index is 0.105. The molecule has 0 N–H and O–H groups in total. The number of ketones is 1. The van der Waals surface area contributed by atoms with Gasteiger partial charge in [-0.05, 0) is 28.8 Å². The number of Topliss-reactive ketones (excluding diaryl/α,β-unsaturated/α-hetero) is 1. The molecule has 4 aromatic rings. The van der Waals surface area contributed by atoms with Crippen LogP contribution in [-0.4, -0.2) is 50.9 Å². The lowest BCUT2D eigenvalue weighted by Crippen LogP contribution is -2.54. The van der Waals surface area contributed by atoms with Crippen molar-refractivity contribution in [2.24, 2.45) is 11.0 Å².